The topological polar surface area (TPSA) is 59.3 Å². The van der Waals surface area contributed by atoms with Crippen LogP contribution in [-0.2, 0) is 16.1 Å². The predicted molar refractivity (Wildman–Crippen MR) is 82.8 cm³/mol. The molecule has 0 fully saturated rings. The summed E-state index contributed by atoms with van der Waals surface area (Å²) in [6.07, 6.45) is 1.14. The molecule has 0 unspecified atom stereocenters. The third-order valence-electron chi connectivity index (χ3n) is 3.06. The second kappa shape index (κ2) is 7.76. The van der Waals surface area contributed by atoms with Crippen LogP contribution in [0.2, 0.25) is 0 Å². The van der Waals surface area contributed by atoms with E-state index in [1.165, 1.54) is 25.3 Å². The zero-order valence-corrected chi connectivity index (χ0v) is 12.5. The van der Waals surface area contributed by atoms with Gasteiger partial charge in [0.15, 0.2) is 0 Å². The average Bonchev–Trinajstić information content (AvgIpc) is 2.59. The number of methoxy groups -OCH3 is 1. The van der Waals surface area contributed by atoms with Crippen LogP contribution in [0, 0.1) is 17.1 Å². The quantitative estimate of drug-likeness (QED) is 0.482. The van der Waals surface area contributed by atoms with Crippen LogP contribution >= 0.6 is 0 Å². The summed E-state index contributed by atoms with van der Waals surface area (Å²) in [5.74, 6) is -0.944. The fourth-order valence-corrected chi connectivity index (χ4v) is 1.85. The van der Waals surface area contributed by atoms with Crippen molar-refractivity contribution >= 4 is 12.0 Å². The van der Waals surface area contributed by atoms with Gasteiger partial charge in [0.05, 0.1) is 7.11 Å². The van der Waals surface area contributed by atoms with E-state index in [4.69, 9.17) is 14.7 Å². The number of hydrogen-bond acceptors (Lipinski definition) is 4. The number of carbonyl (C=O) groups is 1. The molecule has 23 heavy (non-hydrogen) atoms. The van der Waals surface area contributed by atoms with Gasteiger partial charge in [0, 0.05) is 5.56 Å². The summed E-state index contributed by atoms with van der Waals surface area (Å²) in [6.45, 7) is 0.0410. The van der Waals surface area contributed by atoms with Crippen molar-refractivity contribution in [2.24, 2.45) is 0 Å². The lowest BCUT2D eigenvalue weighted by atomic mass is 10.1. The smallest absolute Gasteiger partial charge is 0.349 e. The molecule has 0 bridgehead atoms. The second-order valence-corrected chi connectivity index (χ2v) is 4.62. The first-order valence-corrected chi connectivity index (χ1v) is 6.80. The van der Waals surface area contributed by atoms with E-state index in [-0.39, 0.29) is 17.7 Å². The average molecular weight is 311 g/mol. The second-order valence-electron chi connectivity index (χ2n) is 4.62. The molecular formula is C18H14FNO3. The Hall–Kier alpha value is -3.13. The number of nitrogens with zero attached hydrogens (tertiary/aromatic N) is 1. The van der Waals surface area contributed by atoms with Gasteiger partial charge in [-0.15, -0.1) is 0 Å². The summed E-state index contributed by atoms with van der Waals surface area (Å²) in [6, 6.07) is 14.9. The number of hydrogen-bond donors (Lipinski definition) is 0. The van der Waals surface area contributed by atoms with Crippen molar-refractivity contribution in [3.63, 3.8) is 0 Å². The Labute approximate surface area is 133 Å². The molecule has 2 aromatic carbocycles. The number of carbonyl (C=O) groups excluding carboxylic acids is 1. The Morgan fingerprint density at radius 1 is 1.26 bits per heavy atom. The van der Waals surface area contributed by atoms with Gasteiger partial charge in [-0.05, 0) is 29.8 Å². The van der Waals surface area contributed by atoms with Gasteiger partial charge in [-0.1, -0.05) is 30.3 Å². The molecule has 0 aromatic heterocycles. The van der Waals surface area contributed by atoms with Gasteiger partial charge in [-0.25, -0.2) is 9.18 Å². The molecular weight excluding hydrogens is 297 g/mol. The number of rotatable bonds is 5. The number of benzene rings is 2. The first-order valence-electron chi connectivity index (χ1n) is 6.80. The Balaban J connectivity index is 2.15. The van der Waals surface area contributed by atoms with Crippen LogP contribution in [0.1, 0.15) is 11.1 Å². The molecule has 0 saturated heterocycles. The lowest BCUT2D eigenvalue weighted by molar-refractivity contribution is -0.139. The monoisotopic (exact) mass is 311 g/mol. The first kappa shape index (κ1) is 16.2. The van der Waals surface area contributed by atoms with Crippen molar-refractivity contribution in [2.75, 3.05) is 7.11 Å². The third kappa shape index (κ3) is 4.42. The maximum absolute atomic E-state index is 13.8. The Morgan fingerprint density at radius 2 is 2.00 bits per heavy atom. The molecule has 0 amide bonds. The van der Waals surface area contributed by atoms with Crippen molar-refractivity contribution in [2.45, 2.75) is 6.61 Å². The standard InChI is InChI=1S/C18H14FNO3/c1-22-16-7-8-17(19)14(10-16)9-15(11-20)18(21)23-12-13-5-3-2-4-6-13/h2-10H,12H2,1H3/b15-9+. The van der Waals surface area contributed by atoms with Crippen LogP contribution in [-0.4, -0.2) is 13.1 Å². The van der Waals surface area contributed by atoms with E-state index in [9.17, 15) is 9.18 Å². The zero-order chi connectivity index (χ0) is 16.7. The predicted octanol–water partition coefficient (Wildman–Crippen LogP) is 3.48. The Kier molecular flexibility index (Phi) is 5.48. The third-order valence-corrected chi connectivity index (χ3v) is 3.06. The minimum absolute atomic E-state index is 0.0410. The minimum atomic E-state index is -0.807. The Morgan fingerprint density at radius 3 is 2.65 bits per heavy atom. The van der Waals surface area contributed by atoms with Crippen LogP contribution in [0.25, 0.3) is 6.08 Å². The molecule has 5 heteroatoms. The molecule has 0 aliphatic carbocycles. The summed E-state index contributed by atoms with van der Waals surface area (Å²) >= 11 is 0. The van der Waals surface area contributed by atoms with Crippen molar-refractivity contribution in [3.8, 4) is 11.8 Å². The van der Waals surface area contributed by atoms with Crippen molar-refractivity contribution in [1.29, 1.82) is 5.26 Å². The molecule has 2 rings (SSSR count). The highest BCUT2D eigenvalue weighted by molar-refractivity contribution is 5.97. The zero-order valence-electron chi connectivity index (χ0n) is 12.5. The van der Waals surface area contributed by atoms with E-state index in [1.807, 2.05) is 18.2 Å². The number of nitriles is 1. The fourth-order valence-electron chi connectivity index (χ4n) is 1.85. The first-order chi connectivity index (χ1) is 11.1. The number of esters is 1. The molecule has 0 heterocycles. The van der Waals surface area contributed by atoms with Gasteiger partial charge >= 0.3 is 5.97 Å². The molecule has 4 nitrogen and oxygen atoms in total. The van der Waals surface area contributed by atoms with Crippen LogP contribution in [0.15, 0.2) is 54.1 Å². The summed E-state index contributed by atoms with van der Waals surface area (Å²) in [5.41, 5.74) is 0.594. The highest BCUT2D eigenvalue weighted by Gasteiger charge is 2.13. The highest BCUT2D eigenvalue weighted by Crippen LogP contribution is 2.19. The van der Waals surface area contributed by atoms with Crippen molar-refractivity contribution in [3.05, 3.63) is 71.0 Å². The van der Waals surface area contributed by atoms with E-state index >= 15 is 0 Å². The van der Waals surface area contributed by atoms with E-state index in [1.54, 1.807) is 18.2 Å². The summed E-state index contributed by atoms with van der Waals surface area (Å²) in [7, 11) is 1.44. The molecule has 0 radical (unpaired) electrons. The van der Waals surface area contributed by atoms with Crippen LogP contribution in [0.3, 0.4) is 0 Å². The fraction of sp³-hybridized carbons (Fsp3) is 0.111. The Bertz CT molecular complexity index is 764. The largest absolute Gasteiger partial charge is 0.497 e. The number of ether oxygens (including phenoxy) is 2. The van der Waals surface area contributed by atoms with Crippen molar-refractivity contribution in [1.82, 2.24) is 0 Å². The van der Waals surface area contributed by atoms with Gasteiger partial charge in [0.2, 0.25) is 0 Å². The van der Waals surface area contributed by atoms with Crippen LogP contribution in [0.4, 0.5) is 4.39 Å². The highest BCUT2D eigenvalue weighted by atomic mass is 19.1. The number of halogens is 1. The minimum Gasteiger partial charge on any atom is -0.497 e. The van der Waals surface area contributed by atoms with E-state index in [2.05, 4.69) is 0 Å². The molecule has 0 spiro atoms. The van der Waals surface area contributed by atoms with Gasteiger partial charge in [-0.3, -0.25) is 0 Å². The summed E-state index contributed by atoms with van der Waals surface area (Å²) < 4.78 is 23.8. The summed E-state index contributed by atoms with van der Waals surface area (Å²) in [5, 5.41) is 9.10. The molecule has 0 aliphatic heterocycles. The van der Waals surface area contributed by atoms with Crippen molar-refractivity contribution < 1.29 is 18.7 Å². The maximum Gasteiger partial charge on any atom is 0.349 e. The van der Waals surface area contributed by atoms with E-state index in [0.717, 1.165) is 11.6 Å². The molecule has 0 saturated carbocycles. The molecule has 0 N–H and O–H groups in total. The SMILES string of the molecule is COc1ccc(F)c(/C=C(\C#N)C(=O)OCc2ccccc2)c1. The van der Waals surface area contributed by atoms with E-state index in [0.29, 0.717) is 5.75 Å². The molecule has 2 aromatic rings. The van der Waals surface area contributed by atoms with Crippen LogP contribution in [0.5, 0.6) is 5.75 Å². The van der Waals surface area contributed by atoms with Crippen LogP contribution < -0.4 is 4.74 Å². The van der Waals surface area contributed by atoms with Gasteiger partial charge in [0.1, 0.15) is 29.8 Å². The lowest BCUT2D eigenvalue weighted by Gasteiger charge is -2.05. The molecule has 0 atom stereocenters. The van der Waals surface area contributed by atoms with Gasteiger partial charge in [0.25, 0.3) is 0 Å². The van der Waals surface area contributed by atoms with Gasteiger partial charge in [-0.2, -0.15) is 5.26 Å². The maximum atomic E-state index is 13.8. The molecule has 116 valence electrons. The normalized spacial score (nSPS) is 10.7. The lowest BCUT2D eigenvalue weighted by Crippen LogP contribution is -2.07. The van der Waals surface area contributed by atoms with E-state index < -0.39 is 11.8 Å². The summed E-state index contributed by atoms with van der Waals surface area (Å²) in [4.78, 5) is 12.0. The molecule has 0 aliphatic rings. The van der Waals surface area contributed by atoms with Gasteiger partial charge < -0.3 is 9.47 Å².